The van der Waals surface area contributed by atoms with Gasteiger partial charge in [0.25, 0.3) is 0 Å². The van der Waals surface area contributed by atoms with E-state index in [1.165, 1.54) is 28.6 Å². The average Bonchev–Trinajstić information content (AvgIpc) is 2.68. The molecule has 2 aromatic carbocycles. The van der Waals surface area contributed by atoms with Gasteiger partial charge in [-0.05, 0) is 35.9 Å². The summed E-state index contributed by atoms with van der Waals surface area (Å²) in [5.74, 6) is -0.584. The van der Waals surface area contributed by atoms with Crippen molar-refractivity contribution in [2.45, 2.75) is 11.5 Å². The van der Waals surface area contributed by atoms with Crippen LogP contribution in [0.3, 0.4) is 0 Å². The van der Waals surface area contributed by atoms with Gasteiger partial charge in [0.1, 0.15) is 6.61 Å². The van der Waals surface area contributed by atoms with E-state index >= 15 is 0 Å². The lowest BCUT2D eigenvalue weighted by Gasteiger charge is -2.26. The lowest BCUT2D eigenvalue weighted by molar-refractivity contribution is 0.0472. The van der Waals surface area contributed by atoms with Gasteiger partial charge in [0, 0.05) is 18.1 Å². The molecule has 0 N–H and O–H groups in total. The fourth-order valence-electron chi connectivity index (χ4n) is 2.53. The highest BCUT2D eigenvalue weighted by molar-refractivity contribution is 7.89. The molecule has 8 heteroatoms. The third kappa shape index (κ3) is 4.42. The Kier molecular flexibility index (Phi) is 5.93. The molecule has 0 spiro atoms. The molecule has 0 saturated carbocycles. The zero-order valence-corrected chi connectivity index (χ0v) is 15.5. The first-order chi connectivity index (χ1) is 12.5. The molecule has 0 atom stereocenters. The fraction of sp³-hybridized carbons (Fsp3) is 0.278. The Hall–Kier alpha value is -1.93. The predicted molar refractivity (Wildman–Crippen MR) is 96.6 cm³/mol. The molecule has 0 aliphatic carbocycles. The monoisotopic (exact) mass is 395 g/mol. The molecule has 1 aliphatic rings. The summed E-state index contributed by atoms with van der Waals surface area (Å²) in [7, 11) is -3.66. The molecule has 1 saturated heterocycles. The second-order valence-corrected chi connectivity index (χ2v) is 8.12. The van der Waals surface area contributed by atoms with E-state index in [1.54, 1.807) is 24.3 Å². The minimum Gasteiger partial charge on any atom is -0.457 e. The molecule has 26 heavy (non-hydrogen) atoms. The molecule has 3 rings (SSSR count). The molecule has 0 radical (unpaired) electrons. The van der Waals surface area contributed by atoms with Crippen molar-refractivity contribution in [2.24, 2.45) is 0 Å². The van der Waals surface area contributed by atoms with E-state index in [0.717, 1.165) is 5.56 Å². The number of ether oxygens (including phenoxy) is 2. The molecule has 1 aliphatic heterocycles. The zero-order valence-electron chi connectivity index (χ0n) is 13.9. The van der Waals surface area contributed by atoms with Crippen LogP contribution in [-0.2, 0) is 26.1 Å². The maximum absolute atomic E-state index is 12.7. The van der Waals surface area contributed by atoms with Crippen LogP contribution in [0.15, 0.2) is 53.4 Å². The van der Waals surface area contributed by atoms with E-state index in [1.807, 2.05) is 0 Å². The number of carbonyl (C=O) groups is 1. The van der Waals surface area contributed by atoms with E-state index in [9.17, 15) is 13.2 Å². The Morgan fingerprint density at radius 3 is 2.50 bits per heavy atom. The third-order valence-electron chi connectivity index (χ3n) is 3.96. The average molecular weight is 396 g/mol. The number of benzene rings is 2. The normalized spacial score (nSPS) is 15.6. The number of rotatable bonds is 5. The first-order valence-corrected chi connectivity index (χ1v) is 9.88. The van der Waals surface area contributed by atoms with Gasteiger partial charge in [-0.2, -0.15) is 4.31 Å². The number of hydrogen-bond donors (Lipinski definition) is 0. The highest BCUT2D eigenvalue weighted by atomic mass is 35.5. The van der Waals surface area contributed by atoms with Crippen LogP contribution in [-0.4, -0.2) is 45.0 Å². The van der Waals surface area contributed by atoms with Crippen molar-refractivity contribution in [2.75, 3.05) is 26.3 Å². The number of carbonyl (C=O) groups excluding carboxylic acids is 1. The largest absolute Gasteiger partial charge is 0.457 e. The fourth-order valence-corrected chi connectivity index (χ4v) is 4.11. The molecule has 6 nitrogen and oxygen atoms in total. The summed E-state index contributed by atoms with van der Waals surface area (Å²) in [5.41, 5.74) is 0.980. The van der Waals surface area contributed by atoms with Gasteiger partial charge in [-0.3, -0.25) is 0 Å². The number of morpholine rings is 1. The van der Waals surface area contributed by atoms with Gasteiger partial charge in [-0.1, -0.05) is 29.8 Å². The summed E-state index contributed by atoms with van der Waals surface area (Å²) in [5, 5.41) is 0.598. The number of esters is 1. The third-order valence-corrected chi connectivity index (χ3v) is 6.11. The van der Waals surface area contributed by atoms with Crippen molar-refractivity contribution in [3.63, 3.8) is 0 Å². The molecule has 2 aromatic rings. The Balaban J connectivity index is 1.71. The maximum Gasteiger partial charge on any atom is 0.338 e. The van der Waals surface area contributed by atoms with E-state index < -0.39 is 16.0 Å². The molecular weight excluding hydrogens is 378 g/mol. The van der Waals surface area contributed by atoms with Gasteiger partial charge in [0.2, 0.25) is 10.0 Å². The van der Waals surface area contributed by atoms with Crippen LogP contribution in [0.1, 0.15) is 15.9 Å². The Bertz CT molecular complexity index is 877. The summed E-state index contributed by atoms with van der Waals surface area (Å²) < 4.78 is 37.2. The SMILES string of the molecule is O=C(OCc1ccc(Cl)cc1)c1cccc(S(=O)(=O)N2CCOCC2)c1. The zero-order chi connectivity index (χ0) is 18.6. The molecular formula is C18H18ClNO5S. The summed E-state index contributed by atoms with van der Waals surface area (Å²) in [4.78, 5) is 12.3. The number of nitrogens with zero attached hydrogens (tertiary/aromatic N) is 1. The van der Waals surface area contributed by atoms with Crippen LogP contribution in [0.5, 0.6) is 0 Å². The van der Waals surface area contributed by atoms with Crippen molar-refractivity contribution < 1.29 is 22.7 Å². The van der Waals surface area contributed by atoms with Crippen LogP contribution in [0.2, 0.25) is 5.02 Å². The van der Waals surface area contributed by atoms with Gasteiger partial charge in [-0.25, -0.2) is 13.2 Å². The summed E-state index contributed by atoms with van der Waals surface area (Å²) in [6, 6.07) is 12.8. The molecule has 0 bridgehead atoms. The molecule has 1 heterocycles. The van der Waals surface area contributed by atoms with Crippen molar-refractivity contribution in [1.29, 1.82) is 0 Å². The minimum atomic E-state index is -3.66. The van der Waals surface area contributed by atoms with Crippen LogP contribution in [0, 0.1) is 0 Å². The van der Waals surface area contributed by atoms with Crippen LogP contribution in [0.25, 0.3) is 0 Å². The van der Waals surface area contributed by atoms with Crippen molar-refractivity contribution in [3.05, 3.63) is 64.7 Å². The quantitative estimate of drug-likeness (QED) is 0.728. The van der Waals surface area contributed by atoms with Gasteiger partial charge in [0.15, 0.2) is 0 Å². The lowest BCUT2D eigenvalue weighted by atomic mass is 10.2. The van der Waals surface area contributed by atoms with Crippen molar-refractivity contribution >= 4 is 27.6 Å². The summed E-state index contributed by atoms with van der Waals surface area (Å²) >= 11 is 5.82. The number of halogens is 1. The number of hydrogen-bond acceptors (Lipinski definition) is 5. The lowest BCUT2D eigenvalue weighted by Crippen LogP contribution is -2.40. The van der Waals surface area contributed by atoms with Crippen LogP contribution >= 0.6 is 11.6 Å². The maximum atomic E-state index is 12.7. The van der Waals surface area contributed by atoms with Gasteiger partial charge in [-0.15, -0.1) is 0 Å². The second kappa shape index (κ2) is 8.18. The Morgan fingerprint density at radius 1 is 1.12 bits per heavy atom. The van der Waals surface area contributed by atoms with Crippen molar-refractivity contribution in [3.8, 4) is 0 Å². The Morgan fingerprint density at radius 2 is 1.81 bits per heavy atom. The highest BCUT2D eigenvalue weighted by Gasteiger charge is 2.27. The Labute approximate surface area is 157 Å². The van der Waals surface area contributed by atoms with Gasteiger partial charge >= 0.3 is 5.97 Å². The predicted octanol–water partition coefficient (Wildman–Crippen LogP) is 2.72. The molecule has 0 amide bonds. The number of sulfonamides is 1. The topological polar surface area (TPSA) is 72.9 Å². The second-order valence-electron chi connectivity index (χ2n) is 5.75. The minimum absolute atomic E-state index is 0.0698. The van der Waals surface area contributed by atoms with E-state index in [4.69, 9.17) is 21.1 Å². The van der Waals surface area contributed by atoms with Gasteiger partial charge in [0.05, 0.1) is 23.7 Å². The molecule has 0 unspecified atom stereocenters. The van der Waals surface area contributed by atoms with E-state index in [-0.39, 0.29) is 17.1 Å². The smallest absolute Gasteiger partial charge is 0.338 e. The molecule has 138 valence electrons. The van der Waals surface area contributed by atoms with E-state index in [0.29, 0.717) is 31.3 Å². The first-order valence-electron chi connectivity index (χ1n) is 8.06. The van der Waals surface area contributed by atoms with Crippen molar-refractivity contribution in [1.82, 2.24) is 4.31 Å². The summed E-state index contributed by atoms with van der Waals surface area (Å²) in [6.45, 7) is 1.40. The van der Waals surface area contributed by atoms with Gasteiger partial charge < -0.3 is 9.47 Å². The molecule has 1 fully saturated rings. The first kappa shape index (κ1) is 18.8. The van der Waals surface area contributed by atoms with E-state index in [2.05, 4.69) is 0 Å². The standard InChI is InChI=1S/C18H18ClNO5S/c19-16-6-4-14(5-7-16)13-25-18(21)15-2-1-3-17(12-15)26(22,23)20-8-10-24-11-9-20/h1-7,12H,8-11,13H2. The highest BCUT2D eigenvalue weighted by Crippen LogP contribution is 2.19. The van der Waals surface area contributed by atoms with Crippen LogP contribution in [0.4, 0.5) is 0 Å². The molecule has 0 aromatic heterocycles. The summed E-state index contributed by atoms with van der Waals surface area (Å²) in [6.07, 6.45) is 0. The van der Waals surface area contributed by atoms with Crippen LogP contribution < -0.4 is 0 Å².